The number of aliphatic hydroxyl groups is 1. The van der Waals surface area contributed by atoms with Crippen LogP contribution in [0.5, 0.6) is 0 Å². The van der Waals surface area contributed by atoms with E-state index in [-0.39, 0.29) is 37.4 Å². The van der Waals surface area contributed by atoms with Crippen LogP contribution in [0, 0.1) is 5.92 Å². The Hall–Kier alpha value is -3.94. The number of nitrogens with zero attached hydrogens (tertiary/aromatic N) is 5. The van der Waals surface area contributed by atoms with Crippen LogP contribution in [-0.4, -0.2) is 72.7 Å². The van der Waals surface area contributed by atoms with E-state index in [2.05, 4.69) is 15.6 Å². The molecule has 0 aliphatic carbocycles. The number of fused-ring (bicyclic) bond motifs is 2. The lowest BCUT2D eigenvalue weighted by Gasteiger charge is -2.31. The van der Waals surface area contributed by atoms with E-state index in [4.69, 9.17) is 16.3 Å². The van der Waals surface area contributed by atoms with Crippen LogP contribution in [0.3, 0.4) is 0 Å². The highest BCUT2D eigenvalue weighted by molar-refractivity contribution is 6.72. The van der Waals surface area contributed by atoms with Crippen LogP contribution in [0.25, 0.3) is 0 Å². The highest BCUT2D eigenvalue weighted by Gasteiger charge is 2.66. The molecule has 4 aromatic rings. The van der Waals surface area contributed by atoms with Gasteiger partial charge in [-0.2, -0.15) is 0 Å². The predicted octanol–water partition coefficient (Wildman–Crippen LogP) is 5.40. The standard InChI is InChI=1S/C37H42ClFN6O4Si/c1-24-35(50(2,3)39)33(14-16-43-22-31(41-42-43)29(23-46)26-9-5-4-6-10-26)49-37(24)30-19-27(38)12-13-32(30)45(36(37)48)21-25-8-7-11-28(18-25)44-17-15-40-20-34(44)47/h4-13,18-19,22,24,29,33,35,40,46H,14-17,20-21,23H2,1-3H3/t24-,29?,33+,35-,37+/m0/s1. The Balaban J connectivity index is 1.17. The van der Waals surface area contributed by atoms with Gasteiger partial charge in [-0.15, -0.1) is 5.10 Å². The molecule has 5 atom stereocenters. The van der Waals surface area contributed by atoms with E-state index < -0.39 is 31.6 Å². The average molecular weight is 717 g/mol. The van der Waals surface area contributed by atoms with Crippen LogP contribution in [0.4, 0.5) is 15.5 Å². The Bertz CT molecular complexity index is 1890. The van der Waals surface area contributed by atoms with Crippen LogP contribution in [0.2, 0.25) is 23.7 Å². The van der Waals surface area contributed by atoms with Crippen molar-refractivity contribution in [3.05, 3.63) is 106 Å². The number of aliphatic hydroxyl groups excluding tert-OH is 1. The molecule has 7 rings (SSSR count). The van der Waals surface area contributed by atoms with Crippen molar-refractivity contribution < 1.29 is 23.5 Å². The first-order valence-corrected chi connectivity index (χ1v) is 20.5. The number of piperazine rings is 1. The lowest BCUT2D eigenvalue weighted by molar-refractivity contribution is -0.146. The molecule has 0 radical (unpaired) electrons. The van der Waals surface area contributed by atoms with Gasteiger partial charge in [0.2, 0.25) is 14.3 Å². The molecule has 2 N–H and O–H groups in total. The molecule has 2 amide bonds. The van der Waals surface area contributed by atoms with Crippen molar-refractivity contribution in [1.82, 2.24) is 20.3 Å². The lowest BCUT2D eigenvalue weighted by Crippen LogP contribution is -2.48. The zero-order chi connectivity index (χ0) is 35.2. The lowest BCUT2D eigenvalue weighted by atomic mass is 9.82. The number of aromatic nitrogens is 3. The molecule has 0 saturated carbocycles. The van der Waals surface area contributed by atoms with E-state index in [1.54, 1.807) is 39.7 Å². The fraction of sp³-hybridized carbons (Fsp3) is 0.405. The van der Waals surface area contributed by atoms with Gasteiger partial charge in [0.05, 0.1) is 43.1 Å². The molecular formula is C37H42ClFN6O4Si. The van der Waals surface area contributed by atoms with Gasteiger partial charge < -0.3 is 29.1 Å². The van der Waals surface area contributed by atoms with Crippen molar-refractivity contribution >= 4 is 43.2 Å². The highest BCUT2D eigenvalue weighted by Crippen LogP contribution is 2.60. The Kier molecular flexibility index (Phi) is 9.42. The van der Waals surface area contributed by atoms with Crippen LogP contribution in [0.15, 0.2) is 79.0 Å². The minimum Gasteiger partial charge on any atom is -0.395 e. The normalized spacial score (nSPS) is 24.3. The van der Waals surface area contributed by atoms with E-state index in [1.807, 2.05) is 73.8 Å². The molecule has 3 aromatic carbocycles. The number of carbonyl (C=O) groups excluding carboxylic acids is 2. The van der Waals surface area contributed by atoms with Gasteiger partial charge in [0.1, 0.15) is 0 Å². The van der Waals surface area contributed by atoms with Crippen molar-refractivity contribution in [3.8, 4) is 0 Å². The second kappa shape index (κ2) is 13.6. The van der Waals surface area contributed by atoms with Crippen molar-refractivity contribution in [2.45, 2.75) is 62.7 Å². The molecular weight excluding hydrogens is 675 g/mol. The van der Waals surface area contributed by atoms with E-state index in [1.165, 1.54) is 0 Å². The Labute approximate surface area is 297 Å². The zero-order valence-electron chi connectivity index (χ0n) is 28.4. The summed E-state index contributed by atoms with van der Waals surface area (Å²) in [5, 5.41) is 22.4. The van der Waals surface area contributed by atoms with Crippen molar-refractivity contribution in [2.24, 2.45) is 5.92 Å². The molecule has 2 saturated heterocycles. The van der Waals surface area contributed by atoms with E-state index >= 15 is 4.11 Å². The summed E-state index contributed by atoms with van der Waals surface area (Å²) in [6, 6.07) is 22.7. The number of halogens is 2. The second-order valence-corrected chi connectivity index (χ2v) is 18.3. The molecule has 262 valence electrons. The van der Waals surface area contributed by atoms with Crippen LogP contribution in [-0.2, 0) is 33.0 Å². The second-order valence-electron chi connectivity index (χ2n) is 14.1. The Morgan fingerprint density at radius 2 is 1.92 bits per heavy atom. The maximum atomic E-state index is 16.4. The quantitative estimate of drug-likeness (QED) is 0.167. The number of benzene rings is 3. The molecule has 2 fully saturated rings. The van der Waals surface area contributed by atoms with Gasteiger partial charge in [-0.3, -0.25) is 14.3 Å². The first-order chi connectivity index (χ1) is 24.0. The largest absolute Gasteiger partial charge is 0.395 e. The summed E-state index contributed by atoms with van der Waals surface area (Å²) in [6.07, 6.45) is 1.66. The Morgan fingerprint density at radius 1 is 1.12 bits per heavy atom. The van der Waals surface area contributed by atoms with Gasteiger partial charge in [0.15, 0.2) is 5.60 Å². The van der Waals surface area contributed by atoms with Crippen LogP contribution >= 0.6 is 11.6 Å². The van der Waals surface area contributed by atoms with Gasteiger partial charge in [-0.1, -0.05) is 66.2 Å². The number of hydrogen-bond acceptors (Lipinski definition) is 7. The fourth-order valence-corrected chi connectivity index (χ4v) is 10.9. The summed E-state index contributed by atoms with van der Waals surface area (Å²) in [4.78, 5) is 30.9. The third-order valence-corrected chi connectivity index (χ3v) is 13.2. The van der Waals surface area contributed by atoms with Gasteiger partial charge >= 0.3 is 0 Å². The number of rotatable bonds is 10. The summed E-state index contributed by atoms with van der Waals surface area (Å²) in [5.74, 6) is -1.03. The SMILES string of the molecule is C[C@H]1[C@H]([Si](C)(C)F)[C@@H](CCn2cc(C(CO)c3ccccc3)nn2)O[C@]12C(=O)N(Cc1cccc(N3CCNCC3=O)c1)c1ccc(Cl)cc12. The van der Waals surface area contributed by atoms with Crippen LogP contribution < -0.4 is 15.1 Å². The third kappa shape index (κ3) is 6.17. The topological polar surface area (TPSA) is 113 Å². The van der Waals surface area contributed by atoms with Crippen molar-refractivity contribution in [3.63, 3.8) is 0 Å². The molecule has 1 aromatic heterocycles. The molecule has 1 unspecified atom stereocenters. The first-order valence-electron chi connectivity index (χ1n) is 17.2. The van der Waals surface area contributed by atoms with Gasteiger partial charge in [-0.05, 0) is 61.0 Å². The molecule has 3 aliphatic rings. The molecule has 13 heteroatoms. The summed E-state index contributed by atoms with van der Waals surface area (Å²) < 4.78 is 25.0. The summed E-state index contributed by atoms with van der Waals surface area (Å²) in [7, 11) is -3.39. The van der Waals surface area contributed by atoms with E-state index in [0.29, 0.717) is 48.0 Å². The number of anilines is 2. The maximum Gasteiger partial charge on any atom is 0.264 e. The summed E-state index contributed by atoms with van der Waals surface area (Å²) in [6.45, 7) is 7.38. The molecule has 3 aliphatic heterocycles. The van der Waals surface area contributed by atoms with Crippen molar-refractivity contribution in [1.29, 1.82) is 0 Å². The monoisotopic (exact) mass is 716 g/mol. The predicted molar refractivity (Wildman–Crippen MR) is 192 cm³/mol. The maximum absolute atomic E-state index is 16.4. The smallest absolute Gasteiger partial charge is 0.264 e. The molecule has 10 nitrogen and oxygen atoms in total. The molecule has 4 heterocycles. The summed E-state index contributed by atoms with van der Waals surface area (Å²) in [5.41, 5.74) is 2.66. The van der Waals surface area contributed by atoms with Crippen molar-refractivity contribution in [2.75, 3.05) is 36.0 Å². The summed E-state index contributed by atoms with van der Waals surface area (Å²) >= 11 is 6.57. The molecule has 1 spiro atoms. The third-order valence-electron chi connectivity index (χ3n) is 10.5. The Morgan fingerprint density at radius 3 is 2.66 bits per heavy atom. The average Bonchev–Trinajstić information content (AvgIpc) is 3.75. The van der Waals surface area contributed by atoms with Gasteiger partial charge in [0, 0.05) is 53.6 Å². The first kappa shape index (κ1) is 34.5. The number of nitrogens with one attached hydrogen (secondary N) is 1. The number of ether oxygens (including phenoxy) is 1. The minimum absolute atomic E-state index is 0.000572. The zero-order valence-corrected chi connectivity index (χ0v) is 30.2. The van der Waals surface area contributed by atoms with E-state index in [0.717, 1.165) is 16.8 Å². The van der Waals surface area contributed by atoms with Crippen LogP contribution in [0.1, 0.15) is 41.6 Å². The highest BCUT2D eigenvalue weighted by atomic mass is 35.5. The fourth-order valence-electron chi connectivity index (χ4n) is 8.23. The number of aryl methyl sites for hydroxylation is 1. The number of carbonyl (C=O) groups is 2. The minimum atomic E-state index is -3.39. The number of hydrogen-bond donors (Lipinski definition) is 2. The molecule has 50 heavy (non-hydrogen) atoms. The van der Waals surface area contributed by atoms with Gasteiger partial charge in [-0.25, -0.2) is 0 Å². The van der Waals surface area contributed by atoms with Gasteiger partial charge in [0.25, 0.3) is 5.91 Å². The number of amides is 2. The van der Waals surface area contributed by atoms with E-state index in [9.17, 15) is 14.7 Å². The molecule has 0 bridgehead atoms.